The van der Waals surface area contributed by atoms with Crippen molar-refractivity contribution in [3.8, 4) is 11.5 Å². The molecule has 0 N–H and O–H groups in total. The third kappa shape index (κ3) is 6.01. The van der Waals surface area contributed by atoms with Crippen LogP contribution in [-0.2, 0) is 0 Å². The number of nitrogens with zero attached hydrogens (tertiary/aromatic N) is 3. The van der Waals surface area contributed by atoms with Crippen molar-refractivity contribution < 1.29 is 14.3 Å². The third-order valence-corrected chi connectivity index (χ3v) is 5.94. The SMILES string of the molecule is COc1cc(OC)cc(C(=O)N(CCCN(C)C)c2nc3c(C)cc(Cl)cc3s2)c1.Cl. The molecule has 9 heteroatoms. The molecule has 0 saturated carbocycles. The Morgan fingerprint density at radius 1 is 1.06 bits per heavy atom. The van der Waals surface area contributed by atoms with Gasteiger partial charge in [-0.15, -0.1) is 12.4 Å². The molecule has 0 atom stereocenters. The second-order valence-corrected chi connectivity index (χ2v) is 8.73. The molecule has 0 spiro atoms. The molecule has 0 radical (unpaired) electrons. The summed E-state index contributed by atoms with van der Waals surface area (Å²) in [7, 11) is 7.17. The van der Waals surface area contributed by atoms with Crippen LogP contribution in [-0.4, -0.2) is 57.2 Å². The molecule has 3 rings (SSSR count). The number of carbonyl (C=O) groups excluding carboxylic acids is 1. The van der Waals surface area contributed by atoms with E-state index in [0.717, 1.165) is 28.7 Å². The minimum atomic E-state index is -0.145. The highest BCUT2D eigenvalue weighted by Gasteiger charge is 2.23. The Morgan fingerprint density at radius 3 is 2.29 bits per heavy atom. The molecular formula is C22H27Cl2N3O3S. The number of aromatic nitrogens is 1. The summed E-state index contributed by atoms with van der Waals surface area (Å²) in [5.74, 6) is 0.990. The fraction of sp³-hybridized carbons (Fsp3) is 0.364. The highest BCUT2D eigenvalue weighted by atomic mass is 35.5. The third-order valence-electron chi connectivity index (χ3n) is 4.70. The minimum absolute atomic E-state index is 0. The minimum Gasteiger partial charge on any atom is -0.497 e. The first-order valence-corrected chi connectivity index (χ1v) is 10.8. The van der Waals surface area contributed by atoms with Gasteiger partial charge in [-0.3, -0.25) is 9.69 Å². The van der Waals surface area contributed by atoms with Crippen LogP contribution in [0.5, 0.6) is 11.5 Å². The van der Waals surface area contributed by atoms with Crippen LogP contribution in [0.4, 0.5) is 5.13 Å². The van der Waals surface area contributed by atoms with E-state index in [1.54, 1.807) is 37.3 Å². The molecule has 2 aromatic carbocycles. The molecule has 31 heavy (non-hydrogen) atoms. The van der Waals surface area contributed by atoms with Gasteiger partial charge < -0.3 is 14.4 Å². The summed E-state index contributed by atoms with van der Waals surface area (Å²) in [5, 5.41) is 1.32. The molecule has 0 aliphatic heterocycles. The van der Waals surface area contributed by atoms with E-state index in [1.165, 1.54) is 11.3 Å². The zero-order chi connectivity index (χ0) is 21.8. The van der Waals surface area contributed by atoms with Crippen LogP contribution in [0.3, 0.4) is 0 Å². The fourth-order valence-electron chi connectivity index (χ4n) is 3.17. The van der Waals surface area contributed by atoms with E-state index in [-0.39, 0.29) is 18.3 Å². The number of aryl methyl sites for hydroxylation is 1. The molecule has 0 aliphatic rings. The van der Waals surface area contributed by atoms with Crippen molar-refractivity contribution in [2.24, 2.45) is 0 Å². The number of anilines is 1. The molecule has 1 heterocycles. The number of hydrogen-bond acceptors (Lipinski definition) is 6. The predicted octanol–water partition coefficient (Wildman–Crippen LogP) is 5.30. The van der Waals surface area contributed by atoms with E-state index in [9.17, 15) is 4.79 Å². The van der Waals surface area contributed by atoms with Gasteiger partial charge in [0.15, 0.2) is 5.13 Å². The molecule has 1 aromatic heterocycles. The van der Waals surface area contributed by atoms with Crippen LogP contribution in [0.1, 0.15) is 22.3 Å². The van der Waals surface area contributed by atoms with E-state index in [0.29, 0.717) is 33.8 Å². The van der Waals surface area contributed by atoms with Crippen LogP contribution in [0, 0.1) is 6.92 Å². The Kier molecular flexibility index (Phi) is 8.94. The smallest absolute Gasteiger partial charge is 0.260 e. The Labute approximate surface area is 198 Å². The standard InChI is InChI=1S/C22H26ClN3O3S.ClH/c1-14-9-16(23)12-19-20(14)24-22(30-19)26(8-6-7-25(2)3)21(27)15-10-17(28-4)13-18(11-15)29-5;/h9-13H,6-8H2,1-5H3;1H. The number of carbonyl (C=O) groups is 1. The summed E-state index contributed by atoms with van der Waals surface area (Å²) >= 11 is 7.69. The van der Waals surface area contributed by atoms with Gasteiger partial charge in [-0.05, 0) is 63.8 Å². The first-order valence-electron chi connectivity index (χ1n) is 9.58. The highest BCUT2D eigenvalue weighted by Crippen LogP contribution is 2.34. The second-order valence-electron chi connectivity index (χ2n) is 7.28. The van der Waals surface area contributed by atoms with Crippen LogP contribution in [0.25, 0.3) is 10.2 Å². The first kappa shape index (κ1) is 25.2. The molecule has 0 fully saturated rings. The molecule has 0 aliphatic carbocycles. The van der Waals surface area contributed by atoms with Crippen molar-refractivity contribution in [2.75, 3.05) is 46.3 Å². The zero-order valence-electron chi connectivity index (χ0n) is 18.3. The van der Waals surface area contributed by atoms with Crippen LogP contribution < -0.4 is 14.4 Å². The van der Waals surface area contributed by atoms with Gasteiger partial charge in [-0.1, -0.05) is 22.9 Å². The number of rotatable bonds is 8. The Bertz CT molecular complexity index is 1030. The van der Waals surface area contributed by atoms with Gasteiger partial charge in [0.1, 0.15) is 11.5 Å². The monoisotopic (exact) mass is 483 g/mol. The average molecular weight is 484 g/mol. The van der Waals surface area contributed by atoms with Crippen molar-refractivity contribution in [2.45, 2.75) is 13.3 Å². The lowest BCUT2D eigenvalue weighted by atomic mass is 10.1. The number of fused-ring (bicyclic) bond motifs is 1. The Hall–Kier alpha value is -2.06. The summed E-state index contributed by atoms with van der Waals surface area (Å²) in [4.78, 5) is 22.1. The Balaban J connectivity index is 0.00000341. The first-order chi connectivity index (χ1) is 14.3. The van der Waals surface area contributed by atoms with Crippen LogP contribution in [0.2, 0.25) is 5.02 Å². The van der Waals surface area contributed by atoms with Gasteiger partial charge in [-0.2, -0.15) is 0 Å². The van der Waals surface area contributed by atoms with Crippen molar-refractivity contribution in [3.63, 3.8) is 0 Å². The van der Waals surface area contributed by atoms with E-state index in [4.69, 9.17) is 26.1 Å². The largest absolute Gasteiger partial charge is 0.497 e. The molecule has 0 saturated heterocycles. The lowest BCUT2D eigenvalue weighted by Crippen LogP contribution is -2.33. The number of hydrogen-bond donors (Lipinski definition) is 0. The normalized spacial score (nSPS) is 10.8. The molecular weight excluding hydrogens is 457 g/mol. The summed E-state index contributed by atoms with van der Waals surface area (Å²) < 4.78 is 11.6. The van der Waals surface area contributed by atoms with Gasteiger partial charge in [0.05, 0.1) is 24.4 Å². The van der Waals surface area contributed by atoms with E-state index in [1.807, 2.05) is 33.2 Å². The molecule has 0 unspecified atom stereocenters. The molecule has 168 valence electrons. The molecule has 1 amide bonds. The highest BCUT2D eigenvalue weighted by molar-refractivity contribution is 7.22. The maximum Gasteiger partial charge on any atom is 0.260 e. The van der Waals surface area contributed by atoms with Gasteiger partial charge in [-0.25, -0.2) is 4.98 Å². The maximum absolute atomic E-state index is 13.5. The van der Waals surface area contributed by atoms with Crippen LogP contribution in [0.15, 0.2) is 30.3 Å². The number of methoxy groups -OCH3 is 2. The topological polar surface area (TPSA) is 54.9 Å². The van der Waals surface area contributed by atoms with Gasteiger partial charge >= 0.3 is 0 Å². The fourth-order valence-corrected chi connectivity index (χ4v) is 4.62. The molecule has 0 bridgehead atoms. The predicted molar refractivity (Wildman–Crippen MR) is 131 cm³/mol. The average Bonchev–Trinajstić information content (AvgIpc) is 3.14. The number of amides is 1. The number of ether oxygens (including phenoxy) is 2. The lowest BCUT2D eigenvalue weighted by molar-refractivity contribution is 0.0985. The summed E-state index contributed by atoms with van der Waals surface area (Å²) in [5.41, 5.74) is 2.35. The van der Waals surface area contributed by atoms with E-state index >= 15 is 0 Å². The van der Waals surface area contributed by atoms with Gasteiger partial charge in [0, 0.05) is 23.2 Å². The number of halogens is 2. The van der Waals surface area contributed by atoms with Gasteiger partial charge in [0.25, 0.3) is 5.91 Å². The summed E-state index contributed by atoms with van der Waals surface area (Å²) in [6, 6.07) is 8.97. The van der Waals surface area contributed by atoms with Crippen LogP contribution >= 0.6 is 35.3 Å². The summed E-state index contributed by atoms with van der Waals surface area (Å²) in [6.45, 7) is 3.38. The van der Waals surface area contributed by atoms with Crippen molar-refractivity contribution >= 4 is 56.6 Å². The van der Waals surface area contributed by atoms with E-state index in [2.05, 4.69) is 4.90 Å². The number of thiazole rings is 1. The zero-order valence-corrected chi connectivity index (χ0v) is 20.7. The van der Waals surface area contributed by atoms with Gasteiger partial charge in [0.2, 0.25) is 0 Å². The quantitative estimate of drug-likeness (QED) is 0.435. The van der Waals surface area contributed by atoms with E-state index < -0.39 is 0 Å². The second kappa shape index (κ2) is 11.0. The van der Waals surface area contributed by atoms with Crippen molar-refractivity contribution in [1.29, 1.82) is 0 Å². The molecule has 6 nitrogen and oxygen atoms in total. The number of benzene rings is 2. The van der Waals surface area contributed by atoms with Crippen molar-refractivity contribution in [1.82, 2.24) is 9.88 Å². The lowest BCUT2D eigenvalue weighted by Gasteiger charge is -2.21. The maximum atomic E-state index is 13.5. The van der Waals surface area contributed by atoms with Crippen molar-refractivity contribution in [3.05, 3.63) is 46.5 Å². The Morgan fingerprint density at radius 2 is 1.71 bits per heavy atom. The molecule has 3 aromatic rings. The summed E-state index contributed by atoms with van der Waals surface area (Å²) in [6.07, 6.45) is 0.815.